The molecule has 0 amide bonds. The van der Waals surface area contributed by atoms with Crippen LogP contribution in [-0.4, -0.2) is 32.4 Å². The fourth-order valence-corrected chi connectivity index (χ4v) is 1.92. The topological polar surface area (TPSA) is 50.4 Å². The van der Waals surface area contributed by atoms with Crippen molar-refractivity contribution >= 4 is 38.3 Å². The zero-order chi connectivity index (χ0) is 12.5. The van der Waals surface area contributed by atoms with E-state index in [1.807, 2.05) is 18.2 Å². The van der Waals surface area contributed by atoms with Crippen LogP contribution in [0, 0.1) is 0 Å². The van der Waals surface area contributed by atoms with E-state index in [0.29, 0.717) is 16.5 Å². The van der Waals surface area contributed by atoms with Gasteiger partial charge in [0.25, 0.3) is 0 Å². The largest absolute Gasteiger partial charge is 0.502 e. The maximum Gasteiger partial charge on any atom is 0.235 e. The van der Waals surface area contributed by atoms with Gasteiger partial charge < -0.3 is 9.52 Å². The monoisotopic (exact) mass is 446 g/mol. The number of hydrogen-bond donors (Lipinski definition) is 1. The predicted molar refractivity (Wildman–Crippen MR) is 75.3 cm³/mol. The molecule has 0 bridgehead atoms. The quantitative estimate of drug-likeness (QED) is 0.587. The molecule has 0 saturated heterocycles. The van der Waals surface area contributed by atoms with Crippen molar-refractivity contribution in [3.63, 3.8) is 0 Å². The summed E-state index contributed by atoms with van der Waals surface area (Å²) in [6.07, 6.45) is 0. The Morgan fingerprint density at radius 2 is 1.53 bits per heavy atom. The Labute approximate surface area is 129 Å². The summed E-state index contributed by atoms with van der Waals surface area (Å²) in [6, 6.07) is 15.9. The number of rotatable bonds is 1. The third-order valence-electron chi connectivity index (χ3n) is 2.81. The fraction of sp³-hybridized carbons (Fsp3) is 0. The number of benzene rings is 2. The van der Waals surface area contributed by atoms with Crippen LogP contribution in [0.15, 0.2) is 63.8 Å². The molecule has 4 heteroatoms. The van der Waals surface area contributed by atoms with Crippen LogP contribution in [0.4, 0.5) is 0 Å². The maximum atomic E-state index is 12.0. The van der Waals surface area contributed by atoms with Crippen molar-refractivity contribution in [2.45, 2.75) is 0 Å². The van der Waals surface area contributed by atoms with Crippen molar-refractivity contribution in [1.82, 2.24) is 0 Å². The molecule has 3 nitrogen and oxygen atoms in total. The molecule has 3 aromatic rings. The van der Waals surface area contributed by atoms with Crippen LogP contribution < -0.4 is 5.43 Å². The molecule has 0 aliphatic rings. The summed E-state index contributed by atoms with van der Waals surface area (Å²) in [7, 11) is 0. The zero-order valence-corrected chi connectivity index (χ0v) is 13.8. The second-order valence-corrected chi connectivity index (χ2v) is 3.97. The molecular formula is C15H10O3Pb. The molecule has 0 aliphatic carbocycles. The number of aromatic hydroxyl groups is 1. The van der Waals surface area contributed by atoms with Gasteiger partial charge in [-0.25, -0.2) is 0 Å². The van der Waals surface area contributed by atoms with E-state index in [1.165, 1.54) is 0 Å². The molecule has 2 aromatic carbocycles. The molecule has 1 aromatic heterocycles. The molecule has 19 heavy (non-hydrogen) atoms. The summed E-state index contributed by atoms with van der Waals surface area (Å²) in [4.78, 5) is 12.0. The Balaban J connectivity index is 0.00000133. The Bertz CT molecular complexity index is 763. The summed E-state index contributed by atoms with van der Waals surface area (Å²) in [6.45, 7) is 0. The van der Waals surface area contributed by atoms with Gasteiger partial charge in [-0.15, -0.1) is 0 Å². The molecule has 1 N–H and O–H groups in total. The van der Waals surface area contributed by atoms with E-state index in [-0.39, 0.29) is 38.8 Å². The molecule has 0 spiro atoms. The average Bonchev–Trinajstić information content (AvgIpc) is 2.44. The van der Waals surface area contributed by atoms with Crippen molar-refractivity contribution in [3.8, 4) is 17.1 Å². The summed E-state index contributed by atoms with van der Waals surface area (Å²) in [5.41, 5.74) is 0.743. The maximum absolute atomic E-state index is 12.0. The van der Waals surface area contributed by atoms with Gasteiger partial charge in [-0.2, -0.15) is 0 Å². The average molecular weight is 445 g/mol. The van der Waals surface area contributed by atoms with Crippen LogP contribution in [0.25, 0.3) is 22.3 Å². The van der Waals surface area contributed by atoms with Crippen LogP contribution in [0.5, 0.6) is 5.75 Å². The number of hydrogen-bond acceptors (Lipinski definition) is 3. The van der Waals surface area contributed by atoms with Gasteiger partial charge in [-0.1, -0.05) is 42.5 Å². The molecule has 0 atom stereocenters. The van der Waals surface area contributed by atoms with Gasteiger partial charge in [0.1, 0.15) is 5.58 Å². The Kier molecular flexibility index (Phi) is 4.04. The van der Waals surface area contributed by atoms with E-state index in [4.69, 9.17) is 4.42 Å². The van der Waals surface area contributed by atoms with E-state index in [1.54, 1.807) is 36.4 Å². The Morgan fingerprint density at radius 3 is 2.26 bits per heavy atom. The first-order valence-corrected chi connectivity index (χ1v) is 5.57. The molecule has 3 rings (SSSR count). The minimum atomic E-state index is -0.407. The van der Waals surface area contributed by atoms with Crippen LogP contribution in [0.3, 0.4) is 0 Å². The van der Waals surface area contributed by atoms with Crippen molar-refractivity contribution < 1.29 is 9.52 Å². The summed E-state index contributed by atoms with van der Waals surface area (Å²) in [5.74, 6) is -0.140. The van der Waals surface area contributed by atoms with Gasteiger partial charge in [0.15, 0.2) is 5.76 Å². The smallest absolute Gasteiger partial charge is 0.235 e. The Morgan fingerprint density at radius 1 is 0.895 bits per heavy atom. The molecular weight excluding hydrogens is 435 g/mol. The van der Waals surface area contributed by atoms with E-state index in [0.717, 1.165) is 0 Å². The molecule has 4 radical (unpaired) electrons. The molecule has 1 heterocycles. The van der Waals surface area contributed by atoms with Crippen molar-refractivity contribution in [1.29, 1.82) is 0 Å². The molecule has 0 unspecified atom stereocenters. The first kappa shape index (κ1) is 13.8. The number of fused-ring (bicyclic) bond motifs is 1. The van der Waals surface area contributed by atoms with Crippen molar-refractivity contribution in [3.05, 3.63) is 64.8 Å². The van der Waals surface area contributed by atoms with Crippen LogP contribution >= 0.6 is 0 Å². The Hall–Kier alpha value is -1.63. The standard InChI is InChI=1S/C15H10O3.Pb/c16-13-11-8-4-5-9-12(11)18-15(14(13)17)10-6-2-1-3-7-10;/h1-9,17H;. The molecule has 0 aliphatic heterocycles. The van der Waals surface area contributed by atoms with Crippen LogP contribution in [0.2, 0.25) is 0 Å². The van der Waals surface area contributed by atoms with Gasteiger partial charge >= 0.3 is 0 Å². The predicted octanol–water partition coefficient (Wildman–Crippen LogP) is 2.78. The zero-order valence-electron chi connectivity index (χ0n) is 9.96. The van der Waals surface area contributed by atoms with Gasteiger partial charge in [0.2, 0.25) is 11.2 Å². The van der Waals surface area contributed by atoms with Crippen molar-refractivity contribution in [2.75, 3.05) is 0 Å². The second kappa shape index (κ2) is 5.56. The minimum Gasteiger partial charge on any atom is -0.502 e. The van der Waals surface area contributed by atoms with E-state index in [2.05, 4.69) is 0 Å². The third kappa shape index (κ3) is 2.42. The van der Waals surface area contributed by atoms with Gasteiger partial charge in [0, 0.05) is 32.9 Å². The minimum absolute atomic E-state index is 0. The normalized spacial score (nSPS) is 10.1. The van der Waals surface area contributed by atoms with Crippen LogP contribution in [-0.2, 0) is 0 Å². The molecule has 0 saturated carbocycles. The summed E-state index contributed by atoms with van der Waals surface area (Å²) in [5, 5.41) is 10.3. The van der Waals surface area contributed by atoms with Crippen molar-refractivity contribution in [2.24, 2.45) is 0 Å². The van der Waals surface area contributed by atoms with Gasteiger partial charge in [0.05, 0.1) is 5.39 Å². The fourth-order valence-electron chi connectivity index (χ4n) is 1.92. The summed E-state index contributed by atoms with van der Waals surface area (Å²) < 4.78 is 5.61. The van der Waals surface area contributed by atoms with Gasteiger partial charge in [-0.3, -0.25) is 4.79 Å². The third-order valence-corrected chi connectivity index (χ3v) is 2.81. The molecule has 0 fully saturated rings. The van der Waals surface area contributed by atoms with E-state index < -0.39 is 5.43 Å². The first-order valence-electron chi connectivity index (χ1n) is 5.57. The second-order valence-electron chi connectivity index (χ2n) is 3.97. The summed E-state index contributed by atoms with van der Waals surface area (Å²) >= 11 is 0. The van der Waals surface area contributed by atoms with Crippen LogP contribution in [0.1, 0.15) is 0 Å². The van der Waals surface area contributed by atoms with Gasteiger partial charge in [-0.05, 0) is 12.1 Å². The number of para-hydroxylation sites is 1. The van der Waals surface area contributed by atoms with E-state index >= 15 is 0 Å². The first-order chi connectivity index (χ1) is 8.77. The SMILES string of the molecule is O=c1c(O)c(-c2ccccc2)oc2ccccc12.[Pb]. The van der Waals surface area contributed by atoms with E-state index in [9.17, 15) is 9.90 Å². The molecule has 92 valence electrons.